The summed E-state index contributed by atoms with van der Waals surface area (Å²) in [6.45, 7) is 2.47. The molecule has 2 N–H and O–H groups in total. The third-order valence-corrected chi connectivity index (χ3v) is 4.63. The van der Waals surface area contributed by atoms with Crippen LogP contribution >= 0.6 is 12.2 Å². The first-order valence-electron chi connectivity index (χ1n) is 7.12. The van der Waals surface area contributed by atoms with E-state index >= 15 is 0 Å². The first-order chi connectivity index (χ1) is 9.97. The molecule has 21 heavy (non-hydrogen) atoms. The second-order valence-corrected chi connectivity index (χ2v) is 6.24. The number of fused-ring (bicyclic) bond motifs is 1. The molecule has 3 rings (SSSR count). The van der Waals surface area contributed by atoms with Crippen LogP contribution in [0.2, 0.25) is 0 Å². The van der Waals surface area contributed by atoms with Crippen LogP contribution in [-0.4, -0.2) is 14.5 Å². The van der Waals surface area contributed by atoms with Crippen LogP contribution in [0.4, 0.5) is 8.78 Å². The maximum absolute atomic E-state index is 13.6. The van der Waals surface area contributed by atoms with Gasteiger partial charge in [-0.05, 0) is 12.8 Å². The Morgan fingerprint density at radius 1 is 1.43 bits per heavy atom. The minimum atomic E-state index is -0.866. The quantitative estimate of drug-likeness (QED) is 0.879. The van der Waals surface area contributed by atoms with Gasteiger partial charge in [-0.15, -0.1) is 0 Å². The third kappa shape index (κ3) is 2.52. The van der Waals surface area contributed by atoms with E-state index in [4.69, 9.17) is 18.0 Å². The average molecular weight is 309 g/mol. The summed E-state index contributed by atoms with van der Waals surface area (Å²) in [5.41, 5.74) is 6.79. The Morgan fingerprint density at radius 3 is 2.67 bits per heavy atom. The highest BCUT2D eigenvalue weighted by Gasteiger charge is 2.27. The lowest BCUT2D eigenvalue weighted by Gasteiger charge is -2.26. The highest BCUT2D eigenvalue weighted by molar-refractivity contribution is 7.80. The second-order valence-electron chi connectivity index (χ2n) is 5.77. The number of nitrogens with zero attached hydrogens (tertiary/aromatic N) is 2. The molecular weight excluding hydrogens is 292 g/mol. The standard InChI is InChI=1S/C15H17F2N3S/c1-8(14(18)21)7-20-13-6-11(17)10(16)5-12(13)19-15(20)9-3-2-4-9/h5-6,8-9H,2-4,7H2,1H3,(H2,18,21). The Bertz CT molecular complexity index is 706. The summed E-state index contributed by atoms with van der Waals surface area (Å²) in [7, 11) is 0. The molecule has 2 aromatic rings. The molecule has 1 aliphatic carbocycles. The molecule has 0 saturated heterocycles. The van der Waals surface area contributed by atoms with Gasteiger partial charge in [-0.2, -0.15) is 0 Å². The predicted octanol–water partition coefficient (Wildman–Crippen LogP) is 3.50. The van der Waals surface area contributed by atoms with E-state index in [2.05, 4.69) is 4.98 Å². The molecule has 1 unspecified atom stereocenters. The van der Waals surface area contributed by atoms with Crippen LogP contribution in [0.25, 0.3) is 11.0 Å². The molecule has 1 fully saturated rings. The van der Waals surface area contributed by atoms with Crippen molar-refractivity contribution in [2.45, 2.75) is 38.6 Å². The molecule has 3 nitrogen and oxygen atoms in total. The molecule has 1 aromatic heterocycles. The van der Waals surface area contributed by atoms with E-state index < -0.39 is 11.6 Å². The second kappa shape index (κ2) is 5.33. The summed E-state index contributed by atoms with van der Waals surface area (Å²) in [6.07, 6.45) is 3.30. The predicted molar refractivity (Wildman–Crippen MR) is 82.2 cm³/mol. The molecule has 112 valence electrons. The topological polar surface area (TPSA) is 43.8 Å². The van der Waals surface area contributed by atoms with E-state index in [0.29, 0.717) is 28.5 Å². The molecule has 1 aliphatic rings. The molecule has 0 aliphatic heterocycles. The van der Waals surface area contributed by atoms with E-state index in [-0.39, 0.29) is 5.92 Å². The van der Waals surface area contributed by atoms with Gasteiger partial charge < -0.3 is 10.3 Å². The number of hydrogen-bond acceptors (Lipinski definition) is 2. The minimum Gasteiger partial charge on any atom is -0.393 e. The number of halogens is 2. The fourth-order valence-electron chi connectivity index (χ4n) is 2.67. The number of aromatic nitrogens is 2. The lowest BCUT2D eigenvalue weighted by molar-refractivity contribution is 0.384. The molecule has 1 atom stereocenters. The Kier molecular flexibility index (Phi) is 3.65. The van der Waals surface area contributed by atoms with Crippen LogP contribution in [0.3, 0.4) is 0 Å². The number of imidazole rings is 1. The van der Waals surface area contributed by atoms with E-state index in [0.717, 1.165) is 24.7 Å². The maximum Gasteiger partial charge on any atom is 0.161 e. The zero-order valence-electron chi connectivity index (χ0n) is 11.8. The number of rotatable bonds is 4. The highest BCUT2D eigenvalue weighted by Crippen LogP contribution is 2.37. The molecule has 0 amide bonds. The van der Waals surface area contributed by atoms with Gasteiger partial charge in [0.05, 0.1) is 16.0 Å². The summed E-state index contributed by atoms with van der Waals surface area (Å²) in [5, 5.41) is 0. The number of nitrogens with two attached hydrogens (primary N) is 1. The lowest BCUT2D eigenvalue weighted by Crippen LogP contribution is -2.25. The van der Waals surface area contributed by atoms with Gasteiger partial charge in [-0.25, -0.2) is 13.8 Å². The van der Waals surface area contributed by atoms with Crippen LogP contribution in [0.1, 0.15) is 37.9 Å². The number of hydrogen-bond donors (Lipinski definition) is 1. The van der Waals surface area contributed by atoms with Crippen molar-refractivity contribution in [1.82, 2.24) is 9.55 Å². The Balaban J connectivity index is 2.12. The van der Waals surface area contributed by atoms with Gasteiger partial charge in [0.25, 0.3) is 0 Å². The van der Waals surface area contributed by atoms with Crippen LogP contribution in [0, 0.1) is 17.6 Å². The third-order valence-electron chi connectivity index (χ3n) is 4.23. The van der Waals surface area contributed by atoms with Gasteiger partial charge in [0.2, 0.25) is 0 Å². The van der Waals surface area contributed by atoms with Crippen LogP contribution in [-0.2, 0) is 6.54 Å². The van der Waals surface area contributed by atoms with Crippen molar-refractivity contribution in [3.63, 3.8) is 0 Å². The fourth-order valence-corrected chi connectivity index (χ4v) is 2.75. The van der Waals surface area contributed by atoms with Gasteiger partial charge in [0.15, 0.2) is 11.6 Å². The van der Waals surface area contributed by atoms with Crippen LogP contribution < -0.4 is 5.73 Å². The molecule has 1 heterocycles. The zero-order chi connectivity index (χ0) is 15.1. The van der Waals surface area contributed by atoms with Crippen molar-refractivity contribution >= 4 is 28.2 Å². The van der Waals surface area contributed by atoms with Crippen molar-refractivity contribution < 1.29 is 8.78 Å². The van der Waals surface area contributed by atoms with E-state index in [1.807, 2.05) is 11.5 Å². The summed E-state index contributed by atoms with van der Waals surface area (Å²) in [4.78, 5) is 4.94. The Labute approximate surface area is 127 Å². The highest BCUT2D eigenvalue weighted by atomic mass is 32.1. The smallest absolute Gasteiger partial charge is 0.161 e. The van der Waals surface area contributed by atoms with E-state index in [9.17, 15) is 8.78 Å². The number of thiocarbonyl (C=S) groups is 1. The van der Waals surface area contributed by atoms with E-state index in [1.165, 1.54) is 12.5 Å². The summed E-state index contributed by atoms with van der Waals surface area (Å²) in [6, 6.07) is 2.38. The Hall–Kier alpha value is -1.56. The molecule has 0 radical (unpaired) electrons. The van der Waals surface area contributed by atoms with Gasteiger partial charge in [-0.3, -0.25) is 0 Å². The SMILES string of the molecule is CC(Cn1c(C2CCC2)nc2cc(F)c(F)cc21)C(N)=S. The van der Waals surface area contributed by atoms with Crippen molar-refractivity contribution in [3.8, 4) is 0 Å². The fraction of sp³-hybridized carbons (Fsp3) is 0.467. The molecule has 1 aromatic carbocycles. The Morgan fingerprint density at radius 2 is 2.10 bits per heavy atom. The van der Waals surface area contributed by atoms with Crippen LogP contribution in [0.5, 0.6) is 0 Å². The van der Waals surface area contributed by atoms with Gasteiger partial charge >= 0.3 is 0 Å². The summed E-state index contributed by atoms with van der Waals surface area (Å²) in [5.74, 6) is -0.489. The summed E-state index contributed by atoms with van der Waals surface area (Å²) >= 11 is 5.02. The number of benzene rings is 1. The maximum atomic E-state index is 13.6. The van der Waals surface area contributed by atoms with Crippen molar-refractivity contribution in [3.05, 3.63) is 29.6 Å². The van der Waals surface area contributed by atoms with Gasteiger partial charge in [0.1, 0.15) is 5.82 Å². The first-order valence-corrected chi connectivity index (χ1v) is 7.52. The van der Waals surface area contributed by atoms with Gasteiger partial charge in [0, 0.05) is 30.5 Å². The lowest BCUT2D eigenvalue weighted by atomic mass is 9.84. The monoisotopic (exact) mass is 309 g/mol. The molecular formula is C15H17F2N3S. The molecule has 0 spiro atoms. The van der Waals surface area contributed by atoms with Gasteiger partial charge in [-0.1, -0.05) is 25.6 Å². The zero-order valence-corrected chi connectivity index (χ0v) is 12.6. The largest absolute Gasteiger partial charge is 0.393 e. The first kappa shape index (κ1) is 14.4. The minimum absolute atomic E-state index is 0.0238. The van der Waals surface area contributed by atoms with Crippen molar-refractivity contribution in [2.75, 3.05) is 0 Å². The molecule has 6 heteroatoms. The van der Waals surface area contributed by atoms with Crippen molar-refractivity contribution in [1.29, 1.82) is 0 Å². The van der Waals surface area contributed by atoms with Crippen molar-refractivity contribution in [2.24, 2.45) is 11.7 Å². The van der Waals surface area contributed by atoms with Crippen LogP contribution in [0.15, 0.2) is 12.1 Å². The normalized spacial score (nSPS) is 16.9. The van der Waals surface area contributed by atoms with E-state index in [1.54, 1.807) is 0 Å². The molecule has 1 saturated carbocycles. The summed E-state index contributed by atoms with van der Waals surface area (Å²) < 4.78 is 28.9. The average Bonchev–Trinajstić information content (AvgIpc) is 2.66. The molecule has 0 bridgehead atoms.